The highest BCUT2D eigenvalue weighted by molar-refractivity contribution is 5.97. The summed E-state index contributed by atoms with van der Waals surface area (Å²) < 4.78 is 1.28. The topological polar surface area (TPSA) is 146 Å². The molecule has 0 bridgehead atoms. The van der Waals surface area contributed by atoms with Crippen LogP contribution in [0, 0.1) is 12.8 Å². The molecule has 0 aromatic carbocycles. The average molecular weight is 474 g/mol. The molecule has 0 fully saturated rings. The molecule has 11 nitrogen and oxygen atoms in total. The minimum Gasteiger partial charge on any atom is -0.383 e. The Morgan fingerprint density at radius 3 is 2.53 bits per heavy atom. The quantitative estimate of drug-likeness (QED) is 0.444. The number of aryl methyl sites for hydroxylation is 1. The summed E-state index contributed by atoms with van der Waals surface area (Å²) in [5.41, 5.74) is 5.83. The minimum absolute atomic E-state index is 0.0413. The second-order valence-corrected chi connectivity index (χ2v) is 8.84. The first-order valence-corrected chi connectivity index (χ1v) is 11.4. The number of carbonyl (C=O) groups is 2. The van der Waals surface area contributed by atoms with E-state index in [1.165, 1.54) is 9.47 Å². The number of amides is 2. The third-order valence-electron chi connectivity index (χ3n) is 5.07. The number of nitrogens with one attached hydrogen (secondary N) is 2. The van der Waals surface area contributed by atoms with Crippen molar-refractivity contribution in [2.75, 3.05) is 42.6 Å². The van der Waals surface area contributed by atoms with Crippen molar-refractivity contribution in [1.29, 1.82) is 0 Å². The first-order valence-electron chi connectivity index (χ1n) is 11.4. The molecule has 11 heteroatoms. The van der Waals surface area contributed by atoms with Crippen LogP contribution in [0.5, 0.6) is 0 Å². The number of nitrogens with zero attached hydrogens (tertiary/aromatic N) is 4. The van der Waals surface area contributed by atoms with Crippen LogP contribution < -0.4 is 27.2 Å². The van der Waals surface area contributed by atoms with E-state index in [0.717, 1.165) is 12.0 Å². The summed E-state index contributed by atoms with van der Waals surface area (Å²) in [6.45, 7) is 8.08. The van der Waals surface area contributed by atoms with E-state index in [1.807, 2.05) is 33.8 Å². The van der Waals surface area contributed by atoms with Crippen molar-refractivity contribution >= 4 is 29.1 Å². The van der Waals surface area contributed by atoms with Gasteiger partial charge in [0.15, 0.2) is 5.69 Å². The maximum atomic E-state index is 13.2. The number of carbonyl (C=O) groups excluding carboxylic acids is 2. The van der Waals surface area contributed by atoms with Gasteiger partial charge in [-0.3, -0.25) is 28.8 Å². The van der Waals surface area contributed by atoms with E-state index in [9.17, 15) is 19.2 Å². The lowest BCUT2D eigenvalue weighted by Crippen LogP contribution is -2.46. The number of anilines is 3. The van der Waals surface area contributed by atoms with Gasteiger partial charge in [0.2, 0.25) is 11.8 Å². The summed E-state index contributed by atoms with van der Waals surface area (Å²) in [6.07, 6.45) is 3.07. The molecule has 2 aromatic heterocycles. The lowest BCUT2D eigenvalue weighted by molar-refractivity contribution is -0.121. The number of nitrogen functional groups attached to an aromatic ring is 1. The number of rotatable bonds is 11. The van der Waals surface area contributed by atoms with E-state index >= 15 is 0 Å². The van der Waals surface area contributed by atoms with Crippen LogP contribution in [0.2, 0.25) is 0 Å². The number of hydrogen-bond acceptors (Lipinski definition) is 7. The fourth-order valence-electron chi connectivity index (χ4n) is 3.40. The Morgan fingerprint density at radius 2 is 1.94 bits per heavy atom. The van der Waals surface area contributed by atoms with Gasteiger partial charge in [-0.2, -0.15) is 0 Å². The van der Waals surface area contributed by atoms with Gasteiger partial charge in [-0.15, -0.1) is 0 Å². The minimum atomic E-state index is -0.710. The predicted molar refractivity (Wildman–Crippen MR) is 133 cm³/mol. The summed E-state index contributed by atoms with van der Waals surface area (Å²) in [7, 11) is 1.63. The zero-order valence-corrected chi connectivity index (χ0v) is 20.6. The third-order valence-corrected chi connectivity index (χ3v) is 5.07. The summed E-state index contributed by atoms with van der Waals surface area (Å²) in [6, 6.07) is 3.54. The van der Waals surface area contributed by atoms with Crippen LogP contribution in [0.4, 0.5) is 17.3 Å². The summed E-state index contributed by atoms with van der Waals surface area (Å²) in [5, 5.41) is 2.69. The molecular formula is C23H35N7O4. The number of H-pyrrole nitrogens is 1. The summed E-state index contributed by atoms with van der Waals surface area (Å²) in [4.78, 5) is 59.8. The monoisotopic (exact) mass is 473 g/mol. The van der Waals surface area contributed by atoms with Gasteiger partial charge in [0.05, 0.1) is 13.1 Å². The molecule has 2 amide bonds. The fourth-order valence-corrected chi connectivity index (χ4v) is 3.40. The van der Waals surface area contributed by atoms with E-state index in [1.54, 1.807) is 24.2 Å². The number of hydrogen-bond donors (Lipinski definition) is 3. The molecule has 2 rings (SSSR count). The van der Waals surface area contributed by atoms with Gasteiger partial charge < -0.3 is 16.0 Å². The van der Waals surface area contributed by atoms with Gasteiger partial charge >= 0.3 is 5.69 Å². The van der Waals surface area contributed by atoms with E-state index < -0.39 is 17.2 Å². The normalized spacial score (nSPS) is 11.1. The van der Waals surface area contributed by atoms with E-state index in [-0.39, 0.29) is 43.0 Å². The van der Waals surface area contributed by atoms with Crippen molar-refractivity contribution in [2.45, 2.75) is 47.1 Å². The molecule has 0 aliphatic carbocycles. The molecule has 0 aliphatic heterocycles. The smallest absolute Gasteiger partial charge is 0.330 e. The van der Waals surface area contributed by atoms with Crippen LogP contribution >= 0.6 is 0 Å². The van der Waals surface area contributed by atoms with Crippen molar-refractivity contribution in [3.05, 3.63) is 44.7 Å². The Labute approximate surface area is 199 Å². The van der Waals surface area contributed by atoms with E-state index in [4.69, 9.17) is 5.73 Å². The van der Waals surface area contributed by atoms with Gasteiger partial charge in [0, 0.05) is 19.3 Å². The van der Waals surface area contributed by atoms with Crippen molar-refractivity contribution < 1.29 is 9.59 Å². The third kappa shape index (κ3) is 7.27. The number of nitrogens with two attached hydrogens (primary N) is 1. The average Bonchev–Trinajstić information content (AvgIpc) is 2.74. The molecule has 0 unspecified atom stereocenters. The zero-order valence-electron chi connectivity index (χ0n) is 20.6. The predicted octanol–water partition coefficient (Wildman–Crippen LogP) is 1.18. The largest absolute Gasteiger partial charge is 0.383 e. The second-order valence-electron chi connectivity index (χ2n) is 8.84. The lowest BCUT2D eigenvalue weighted by atomic mass is 10.2. The Hall–Kier alpha value is -3.47. The van der Waals surface area contributed by atoms with E-state index in [0.29, 0.717) is 18.8 Å². The van der Waals surface area contributed by atoms with Crippen molar-refractivity contribution in [3.63, 3.8) is 0 Å². The highest BCUT2D eigenvalue weighted by Crippen LogP contribution is 2.19. The molecule has 0 saturated carbocycles. The summed E-state index contributed by atoms with van der Waals surface area (Å²) in [5.74, 6) is -0.241. The van der Waals surface area contributed by atoms with Crippen LogP contribution in [0.1, 0.15) is 39.2 Å². The number of likely N-dealkylation sites (N-methyl/N-ethyl adjacent to an activating group) is 1. The molecule has 2 aromatic rings. The molecule has 0 radical (unpaired) electrons. The van der Waals surface area contributed by atoms with E-state index in [2.05, 4.69) is 15.3 Å². The zero-order chi connectivity index (χ0) is 25.4. The van der Waals surface area contributed by atoms with Gasteiger partial charge in [-0.1, -0.05) is 33.3 Å². The molecule has 4 N–H and O–H groups in total. The number of aromatic nitrogens is 3. The molecule has 0 spiro atoms. The van der Waals surface area contributed by atoms with Crippen molar-refractivity contribution in [3.8, 4) is 0 Å². The van der Waals surface area contributed by atoms with Gasteiger partial charge in [0.25, 0.3) is 5.56 Å². The molecule has 0 aliphatic rings. The van der Waals surface area contributed by atoms with Crippen LogP contribution in [0.3, 0.4) is 0 Å². The molecule has 34 heavy (non-hydrogen) atoms. The van der Waals surface area contributed by atoms with Crippen molar-refractivity contribution in [2.24, 2.45) is 5.92 Å². The Balaban J connectivity index is 2.20. The first kappa shape index (κ1) is 26.8. The van der Waals surface area contributed by atoms with Gasteiger partial charge in [0.1, 0.15) is 11.6 Å². The van der Waals surface area contributed by atoms with Crippen LogP contribution in [0.15, 0.2) is 27.9 Å². The van der Waals surface area contributed by atoms with Crippen molar-refractivity contribution in [1.82, 2.24) is 19.4 Å². The first-order chi connectivity index (χ1) is 16.0. The molecule has 0 saturated heterocycles. The molecule has 186 valence electrons. The van der Waals surface area contributed by atoms with Crippen LogP contribution in [-0.4, -0.2) is 57.9 Å². The van der Waals surface area contributed by atoms with Gasteiger partial charge in [-0.25, -0.2) is 9.78 Å². The maximum absolute atomic E-state index is 13.2. The molecule has 2 heterocycles. The highest BCUT2D eigenvalue weighted by Gasteiger charge is 2.25. The van der Waals surface area contributed by atoms with Crippen LogP contribution in [0.25, 0.3) is 0 Å². The number of aromatic amines is 1. The van der Waals surface area contributed by atoms with Gasteiger partial charge in [-0.05, 0) is 37.9 Å². The fraction of sp³-hybridized carbons (Fsp3) is 0.522. The highest BCUT2D eigenvalue weighted by atomic mass is 16.2. The molecular weight excluding hydrogens is 438 g/mol. The van der Waals surface area contributed by atoms with Crippen LogP contribution in [-0.2, 0) is 16.1 Å². The second kappa shape index (κ2) is 12.1. The Kier molecular flexibility index (Phi) is 9.55. The maximum Gasteiger partial charge on any atom is 0.330 e. The number of pyridine rings is 1. The molecule has 0 atom stereocenters. The lowest BCUT2D eigenvalue weighted by Gasteiger charge is -2.26. The standard InChI is InChI=1S/C23H35N7O4/c1-6-7-10-29(20-21(24)30(12-15(2)3)23(34)27-22(20)33)19(32)14-28(5)13-18(31)26-17-9-8-16(4)11-25-17/h8-9,11,15H,6-7,10,12-14,24H2,1-5H3,(H,25,26,31)(H,27,33,34). The SMILES string of the molecule is CCCCN(C(=O)CN(C)CC(=O)Nc1ccc(C)cn1)c1c(N)n(CC(C)C)c(=O)[nH]c1=O. The summed E-state index contributed by atoms with van der Waals surface area (Å²) >= 11 is 0. The number of unbranched alkanes of at least 4 members (excludes halogenated alkanes) is 1. The Bertz CT molecular complexity index is 1110. The Morgan fingerprint density at radius 1 is 1.24 bits per heavy atom.